The number of nitrogens with zero attached hydrogens (tertiary/aromatic N) is 1. The molecule has 0 spiro atoms. The van der Waals surface area contributed by atoms with Crippen LogP contribution in [0.15, 0.2) is 0 Å². The lowest BCUT2D eigenvalue weighted by molar-refractivity contribution is -0.159. The zero-order chi connectivity index (χ0) is 14.7. The second kappa shape index (κ2) is 5.56. The minimum absolute atomic E-state index is 0.0477. The third-order valence-electron chi connectivity index (χ3n) is 4.38. The van der Waals surface area contributed by atoms with Crippen LogP contribution >= 0.6 is 0 Å². The van der Waals surface area contributed by atoms with Crippen LogP contribution in [0.3, 0.4) is 0 Å². The molecule has 6 heteroatoms. The molecule has 0 aromatic carbocycles. The number of hydrogen-bond acceptors (Lipinski definition) is 3. The summed E-state index contributed by atoms with van der Waals surface area (Å²) in [6.07, 6.45) is 0. The van der Waals surface area contributed by atoms with Crippen molar-refractivity contribution < 1.29 is 14.7 Å². The topological polar surface area (TPSA) is 95.7 Å². The molecule has 4 N–H and O–H groups in total. The first-order valence-corrected chi connectivity index (χ1v) is 5.92. The van der Waals surface area contributed by atoms with Crippen molar-refractivity contribution in [3.05, 3.63) is 0 Å². The Hall–Kier alpha value is -1.30. The molecule has 0 aromatic rings. The van der Waals surface area contributed by atoms with Gasteiger partial charge in [-0.1, -0.05) is 20.8 Å². The molecule has 0 rings (SSSR count). The molecule has 0 aliphatic heterocycles. The van der Waals surface area contributed by atoms with E-state index in [1.807, 2.05) is 20.8 Å². The number of likely N-dealkylation sites (N-methyl/N-ethyl adjacent to an activating group) is 1. The first kappa shape index (κ1) is 16.7. The molecule has 18 heavy (non-hydrogen) atoms. The maximum absolute atomic E-state index is 11.6. The molecule has 0 aliphatic carbocycles. The number of nitrogens with one attached hydrogen (secondary N) is 1. The highest BCUT2D eigenvalue weighted by atomic mass is 16.4. The third-order valence-corrected chi connectivity index (χ3v) is 4.38. The molecule has 0 saturated heterocycles. The Morgan fingerprint density at radius 1 is 1.33 bits per heavy atom. The minimum atomic E-state index is -1.04. The van der Waals surface area contributed by atoms with Crippen LogP contribution in [0.25, 0.3) is 0 Å². The summed E-state index contributed by atoms with van der Waals surface area (Å²) in [5.41, 5.74) is 3.45. The summed E-state index contributed by atoms with van der Waals surface area (Å²) in [5.74, 6) is -0.933. The fourth-order valence-corrected chi connectivity index (χ4v) is 2.03. The molecular formula is C12H25N3O3. The van der Waals surface area contributed by atoms with Crippen molar-refractivity contribution in [3.63, 3.8) is 0 Å². The monoisotopic (exact) mass is 259 g/mol. The number of urea groups is 1. The van der Waals surface area contributed by atoms with Crippen LogP contribution < -0.4 is 11.1 Å². The number of carboxylic acid groups (broad SMARTS) is 1. The Morgan fingerprint density at radius 2 is 1.78 bits per heavy atom. The highest BCUT2D eigenvalue weighted by Crippen LogP contribution is 2.41. The number of primary amides is 1. The highest BCUT2D eigenvalue weighted by molar-refractivity contribution is 5.79. The van der Waals surface area contributed by atoms with E-state index >= 15 is 0 Å². The van der Waals surface area contributed by atoms with Gasteiger partial charge in [-0.3, -0.25) is 9.69 Å². The van der Waals surface area contributed by atoms with E-state index in [1.165, 1.54) is 0 Å². The van der Waals surface area contributed by atoms with Crippen molar-refractivity contribution >= 4 is 12.0 Å². The lowest BCUT2D eigenvalue weighted by atomic mass is 9.65. The summed E-state index contributed by atoms with van der Waals surface area (Å²) in [5, 5.41) is 12.0. The maximum atomic E-state index is 11.6. The molecule has 106 valence electrons. The first-order chi connectivity index (χ1) is 7.97. The summed E-state index contributed by atoms with van der Waals surface area (Å²) < 4.78 is 0. The predicted molar refractivity (Wildman–Crippen MR) is 70.3 cm³/mol. The number of carbonyl (C=O) groups excluding carboxylic acids is 1. The number of carbonyl (C=O) groups is 2. The Balaban J connectivity index is 5.18. The minimum Gasteiger partial charge on any atom is -0.480 e. The summed E-state index contributed by atoms with van der Waals surface area (Å²) in [6, 6.07) is -0.598. The summed E-state index contributed by atoms with van der Waals surface area (Å²) in [4.78, 5) is 24.0. The number of nitrogens with two attached hydrogens (primary N) is 1. The number of aliphatic carboxylic acids is 1. The van der Waals surface area contributed by atoms with Crippen LogP contribution in [0.2, 0.25) is 0 Å². The quantitative estimate of drug-likeness (QED) is 0.655. The largest absolute Gasteiger partial charge is 0.480 e. The molecule has 0 bridgehead atoms. The number of rotatable bonds is 6. The van der Waals surface area contributed by atoms with Crippen molar-refractivity contribution in [3.8, 4) is 0 Å². The van der Waals surface area contributed by atoms with Gasteiger partial charge in [-0.2, -0.15) is 0 Å². The Kier molecular flexibility index (Phi) is 5.16. The van der Waals surface area contributed by atoms with E-state index in [0.717, 1.165) is 0 Å². The molecule has 2 atom stereocenters. The summed E-state index contributed by atoms with van der Waals surface area (Å²) >= 11 is 0. The van der Waals surface area contributed by atoms with Gasteiger partial charge in [0, 0.05) is 6.54 Å². The van der Waals surface area contributed by atoms with Crippen LogP contribution in [0.4, 0.5) is 4.79 Å². The van der Waals surface area contributed by atoms with E-state index in [1.54, 1.807) is 25.9 Å². The van der Waals surface area contributed by atoms with Crippen LogP contribution in [0.5, 0.6) is 0 Å². The van der Waals surface area contributed by atoms with Crippen molar-refractivity contribution in [2.45, 2.75) is 33.2 Å². The fourth-order valence-electron chi connectivity index (χ4n) is 2.03. The van der Waals surface area contributed by atoms with E-state index in [4.69, 9.17) is 5.73 Å². The highest BCUT2D eigenvalue weighted by Gasteiger charge is 2.51. The fraction of sp³-hybridized carbons (Fsp3) is 0.833. The smallest absolute Gasteiger partial charge is 0.324 e. The molecular weight excluding hydrogens is 234 g/mol. The second-order valence-electron chi connectivity index (χ2n) is 5.64. The van der Waals surface area contributed by atoms with Gasteiger partial charge in [0.05, 0.1) is 0 Å². The standard InChI is InChI=1S/C12H25N3O3/c1-8(7-14-10(13)18)11(2,3)12(4,9(16)17)15(5)6/h8H,7H2,1-6H3,(H,16,17)(H3,13,14,18). The molecule has 0 aliphatic rings. The Labute approximate surface area is 109 Å². The third kappa shape index (κ3) is 2.93. The van der Waals surface area contributed by atoms with Gasteiger partial charge in [-0.05, 0) is 32.4 Å². The van der Waals surface area contributed by atoms with Gasteiger partial charge in [-0.15, -0.1) is 0 Å². The van der Waals surface area contributed by atoms with Crippen LogP contribution in [-0.2, 0) is 4.79 Å². The van der Waals surface area contributed by atoms with Gasteiger partial charge >= 0.3 is 12.0 Å². The van der Waals surface area contributed by atoms with E-state index in [2.05, 4.69) is 5.32 Å². The molecule has 0 heterocycles. The average molecular weight is 259 g/mol. The number of amides is 2. The van der Waals surface area contributed by atoms with Gasteiger partial charge in [0.2, 0.25) is 0 Å². The molecule has 0 radical (unpaired) electrons. The van der Waals surface area contributed by atoms with Crippen molar-refractivity contribution in [1.29, 1.82) is 0 Å². The normalized spacial score (nSPS) is 17.1. The van der Waals surface area contributed by atoms with Gasteiger partial charge in [0.25, 0.3) is 0 Å². The molecule has 2 amide bonds. The molecule has 0 fully saturated rings. The van der Waals surface area contributed by atoms with Crippen molar-refractivity contribution in [2.75, 3.05) is 20.6 Å². The van der Waals surface area contributed by atoms with E-state index in [9.17, 15) is 14.7 Å². The summed E-state index contributed by atoms with van der Waals surface area (Å²) in [7, 11) is 3.48. The van der Waals surface area contributed by atoms with Gasteiger partial charge in [-0.25, -0.2) is 4.79 Å². The molecule has 0 saturated carbocycles. The van der Waals surface area contributed by atoms with E-state index < -0.39 is 23.0 Å². The SMILES string of the molecule is CC(CNC(N)=O)C(C)(C)C(C)(C(=O)O)N(C)C. The van der Waals surface area contributed by atoms with Gasteiger partial charge in [0.15, 0.2) is 0 Å². The Bertz CT molecular complexity index is 329. The average Bonchev–Trinajstić information content (AvgIpc) is 2.23. The summed E-state index contributed by atoms with van der Waals surface area (Å²) in [6.45, 7) is 7.71. The maximum Gasteiger partial charge on any atom is 0.324 e. The lowest BCUT2D eigenvalue weighted by Crippen LogP contribution is -2.61. The second-order valence-corrected chi connectivity index (χ2v) is 5.64. The zero-order valence-electron chi connectivity index (χ0n) is 12.1. The van der Waals surface area contributed by atoms with E-state index in [0.29, 0.717) is 6.54 Å². The zero-order valence-corrected chi connectivity index (χ0v) is 12.1. The molecule has 0 aromatic heterocycles. The van der Waals surface area contributed by atoms with Crippen LogP contribution in [-0.4, -0.2) is 48.2 Å². The lowest BCUT2D eigenvalue weighted by Gasteiger charge is -2.48. The van der Waals surface area contributed by atoms with Gasteiger partial charge in [0.1, 0.15) is 5.54 Å². The molecule has 6 nitrogen and oxygen atoms in total. The number of carboxylic acids is 1. The molecule has 2 unspecified atom stereocenters. The Morgan fingerprint density at radius 3 is 2.06 bits per heavy atom. The first-order valence-electron chi connectivity index (χ1n) is 5.92. The van der Waals surface area contributed by atoms with Crippen molar-refractivity contribution in [1.82, 2.24) is 10.2 Å². The van der Waals surface area contributed by atoms with E-state index in [-0.39, 0.29) is 5.92 Å². The number of hydrogen-bond donors (Lipinski definition) is 3. The van der Waals surface area contributed by atoms with Crippen LogP contribution in [0, 0.1) is 11.3 Å². The van der Waals surface area contributed by atoms with Crippen LogP contribution in [0.1, 0.15) is 27.7 Å². The van der Waals surface area contributed by atoms with Gasteiger partial charge < -0.3 is 16.2 Å². The van der Waals surface area contributed by atoms with Crippen molar-refractivity contribution in [2.24, 2.45) is 17.1 Å². The predicted octanol–water partition coefficient (Wildman–Crippen LogP) is 0.722.